The number of ether oxygens (including phenoxy) is 3. The van der Waals surface area contributed by atoms with Gasteiger partial charge in [0.2, 0.25) is 0 Å². The molecule has 1 aliphatic rings. The van der Waals surface area contributed by atoms with Crippen molar-refractivity contribution in [2.75, 3.05) is 13.2 Å². The van der Waals surface area contributed by atoms with E-state index in [1.54, 1.807) is 55.5 Å². The Labute approximate surface area is 167 Å². The number of nitrogens with zero attached hydrogens (tertiary/aromatic N) is 1. The summed E-state index contributed by atoms with van der Waals surface area (Å²) in [6.07, 6.45) is 1.51. The van der Waals surface area contributed by atoms with Crippen LogP contribution in [0.5, 0.6) is 5.75 Å². The predicted octanol–water partition coefficient (Wildman–Crippen LogP) is 3.40. The van der Waals surface area contributed by atoms with Crippen LogP contribution in [0.25, 0.3) is 10.9 Å². The summed E-state index contributed by atoms with van der Waals surface area (Å²) in [5.41, 5.74) is 0.688. The van der Waals surface area contributed by atoms with Crippen molar-refractivity contribution >= 4 is 16.9 Å². The van der Waals surface area contributed by atoms with Crippen LogP contribution in [0.1, 0.15) is 42.1 Å². The molecule has 0 aliphatic carbocycles. The van der Waals surface area contributed by atoms with Gasteiger partial charge in [-0.25, -0.2) is 9.78 Å². The first-order valence-corrected chi connectivity index (χ1v) is 9.64. The number of H-pyrrole nitrogens is 1. The molecule has 0 radical (unpaired) electrons. The zero-order chi connectivity index (χ0) is 20.2. The van der Waals surface area contributed by atoms with E-state index in [1.165, 1.54) is 0 Å². The van der Waals surface area contributed by atoms with Crippen LogP contribution in [0.3, 0.4) is 0 Å². The molecule has 1 aliphatic heterocycles. The summed E-state index contributed by atoms with van der Waals surface area (Å²) in [5, 5.41) is 0.494. The minimum absolute atomic E-state index is 0.136. The number of esters is 1. The zero-order valence-corrected chi connectivity index (χ0v) is 16.1. The second-order valence-corrected chi connectivity index (χ2v) is 6.99. The van der Waals surface area contributed by atoms with Crippen molar-refractivity contribution in [1.82, 2.24) is 9.97 Å². The summed E-state index contributed by atoms with van der Waals surface area (Å²) < 4.78 is 16.7. The van der Waals surface area contributed by atoms with E-state index in [9.17, 15) is 9.59 Å². The number of para-hydroxylation sites is 1. The number of carbonyl (C=O) groups is 1. The lowest BCUT2D eigenvalue weighted by atomic mass is 10.2. The fraction of sp³-hybridized carbons (Fsp3) is 0.318. The maximum absolute atomic E-state index is 12.5. The van der Waals surface area contributed by atoms with Gasteiger partial charge in [0.1, 0.15) is 12.4 Å². The van der Waals surface area contributed by atoms with Gasteiger partial charge in [-0.1, -0.05) is 12.1 Å². The van der Waals surface area contributed by atoms with Crippen LogP contribution in [-0.4, -0.2) is 35.3 Å². The Morgan fingerprint density at radius 3 is 2.79 bits per heavy atom. The molecule has 1 fully saturated rings. The lowest BCUT2D eigenvalue weighted by Crippen LogP contribution is -2.17. The van der Waals surface area contributed by atoms with Gasteiger partial charge in [0, 0.05) is 6.61 Å². The highest BCUT2D eigenvalue weighted by atomic mass is 16.5. The molecule has 7 heteroatoms. The van der Waals surface area contributed by atoms with Gasteiger partial charge in [-0.05, 0) is 56.2 Å². The Morgan fingerprint density at radius 1 is 1.24 bits per heavy atom. The maximum atomic E-state index is 12.5. The van der Waals surface area contributed by atoms with Crippen LogP contribution < -0.4 is 10.3 Å². The van der Waals surface area contributed by atoms with Crippen LogP contribution in [0.15, 0.2) is 53.3 Å². The predicted molar refractivity (Wildman–Crippen MR) is 107 cm³/mol. The summed E-state index contributed by atoms with van der Waals surface area (Å²) in [4.78, 5) is 31.7. The molecule has 29 heavy (non-hydrogen) atoms. The number of benzene rings is 2. The number of hydrogen-bond donors (Lipinski definition) is 1. The fourth-order valence-corrected chi connectivity index (χ4v) is 3.23. The maximum Gasteiger partial charge on any atom is 0.338 e. The summed E-state index contributed by atoms with van der Waals surface area (Å²) >= 11 is 0. The number of rotatable bonds is 6. The van der Waals surface area contributed by atoms with Crippen LogP contribution in [-0.2, 0) is 9.47 Å². The Kier molecular flexibility index (Phi) is 5.57. The fourth-order valence-electron chi connectivity index (χ4n) is 3.23. The molecule has 150 valence electrons. The monoisotopic (exact) mass is 394 g/mol. The summed E-state index contributed by atoms with van der Waals surface area (Å²) in [6, 6.07) is 13.8. The van der Waals surface area contributed by atoms with Crippen LogP contribution in [0.2, 0.25) is 0 Å². The van der Waals surface area contributed by atoms with E-state index in [0.717, 1.165) is 19.4 Å². The number of aromatic nitrogens is 2. The molecule has 1 N–H and O–H groups in total. The molecule has 1 saturated heterocycles. The minimum Gasteiger partial charge on any atom is -0.491 e. The zero-order valence-electron chi connectivity index (χ0n) is 16.1. The Hall–Kier alpha value is -3.19. The number of nitrogens with one attached hydrogen (secondary N) is 1. The molecule has 3 aromatic rings. The van der Waals surface area contributed by atoms with E-state index in [2.05, 4.69) is 9.97 Å². The van der Waals surface area contributed by atoms with Gasteiger partial charge in [-0.2, -0.15) is 0 Å². The smallest absolute Gasteiger partial charge is 0.338 e. The van der Waals surface area contributed by atoms with Crippen molar-refractivity contribution in [1.29, 1.82) is 0 Å². The molecule has 0 amide bonds. The molecule has 7 nitrogen and oxygen atoms in total. The molecule has 2 aromatic carbocycles. The molecule has 0 spiro atoms. The van der Waals surface area contributed by atoms with Crippen molar-refractivity contribution in [2.24, 2.45) is 0 Å². The Bertz CT molecular complexity index is 1050. The van der Waals surface area contributed by atoms with Gasteiger partial charge in [0.25, 0.3) is 5.56 Å². The summed E-state index contributed by atoms with van der Waals surface area (Å²) in [7, 11) is 0. The highest BCUT2D eigenvalue weighted by molar-refractivity contribution is 5.89. The number of hydrogen-bond acceptors (Lipinski definition) is 6. The minimum atomic E-state index is -0.699. The summed E-state index contributed by atoms with van der Waals surface area (Å²) in [6.45, 7) is 2.96. The molecule has 1 aromatic heterocycles. The number of aromatic amines is 1. The van der Waals surface area contributed by atoms with Gasteiger partial charge in [0.15, 0.2) is 11.9 Å². The third-order valence-electron chi connectivity index (χ3n) is 4.85. The van der Waals surface area contributed by atoms with Gasteiger partial charge < -0.3 is 19.2 Å². The average Bonchev–Trinajstić information content (AvgIpc) is 3.26. The van der Waals surface area contributed by atoms with Crippen molar-refractivity contribution in [3.63, 3.8) is 0 Å². The number of fused-ring (bicyclic) bond motifs is 1. The first kappa shape index (κ1) is 19.1. The molecule has 0 unspecified atom stereocenters. The van der Waals surface area contributed by atoms with E-state index in [4.69, 9.17) is 14.2 Å². The normalized spacial score (nSPS) is 17.2. The van der Waals surface area contributed by atoms with Crippen LogP contribution in [0.4, 0.5) is 0 Å². The molecule has 0 saturated carbocycles. The van der Waals surface area contributed by atoms with Crippen molar-refractivity contribution in [3.8, 4) is 5.75 Å². The largest absolute Gasteiger partial charge is 0.491 e. The first-order valence-electron chi connectivity index (χ1n) is 9.64. The average molecular weight is 394 g/mol. The highest BCUT2D eigenvalue weighted by Gasteiger charge is 2.18. The quantitative estimate of drug-likeness (QED) is 0.645. The topological polar surface area (TPSA) is 90.5 Å². The SMILES string of the molecule is C[C@@H](OC(=O)c1ccc(OC[C@@H]2CCCO2)cc1)c1nc2ccccc2c(=O)[nH]1. The van der Waals surface area contributed by atoms with E-state index in [0.29, 0.717) is 34.6 Å². The Balaban J connectivity index is 1.40. The molecule has 2 heterocycles. The standard InChI is InChI=1S/C22H22N2O5/c1-14(20-23-19-7-3-2-6-18(19)21(25)24-20)29-22(26)15-8-10-16(11-9-15)28-13-17-5-4-12-27-17/h2-3,6-11,14,17H,4-5,12-13H2,1H3,(H,23,24,25)/t14-,17+/m1/s1. The van der Waals surface area contributed by atoms with E-state index in [1.807, 2.05) is 0 Å². The van der Waals surface area contributed by atoms with E-state index >= 15 is 0 Å². The van der Waals surface area contributed by atoms with E-state index < -0.39 is 12.1 Å². The van der Waals surface area contributed by atoms with Crippen LogP contribution >= 0.6 is 0 Å². The molecular formula is C22H22N2O5. The first-order chi connectivity index (χ1) is 14.1. The Morgan fingerprint density at radius 2 is 2.03 bits per heavy atom. The van der Waals surface area contributed by atoms with E-state index in [-0.39, 0.29) is 11.7 Å². The second-order valence-electron chi connectivity index (χ2n) is 6.99. The van der Waals surface area contributed by atoms with Gasteiger partial charge >= 0.3 is 5.97 Å². The van der Waals surface area contributed by atoms with Gasteiger partial charge in [0.05, 0.1) is 22.6 Å². The van der Waals surface area contributed by atoms with Gasteiger partial charge in [-0.15, -0.1) is 0 Å². The second kappa shape index (κ2) is 8.45. The van der Waals surface area contributed by atoms with Crippen molar-refractivity contribution in [2.45, 2.75) is 32.0 Å². The number of carbonyl (C=O) groups excluding carboxylic acids is 1. The molecule has 0 bridgehead atoms. The van der Waals surface area contributed by atoms with Crippen molar-refractivity contribution in [3.05, 3.63) is 70.3 Å². The lowest BCUT2D eigenvalue weighted by Gasteiger charge is -2.14. The summed E-state index contributed by atoms with van der Waals surface area (Å²) in [5.74, 6) is 0.475. The lowest BCUT2D eigenvalue weighted by molar-refractivity contribution is 0.0319. The van der Waals surface area contributed by atoms with Crippen molar-refractivity contribution < 1.29 is 19.0 Å². The molecule has 4 rings (SSSR count). The third-order valence-corrected chi connectivity index (χ3v) is 4.85. The highest BCUT2D eigenvalue weighted by Crippen LogP contribution is 2.19. The molecule has 2 atom stereocenters. The van der Waals surface area contributed by atoms with Crippen LogP contribution in [0, 0.1) is 0 Å². The third kappa shape index (κ3) is 4.46. The molecular weight excluding hydrogens is 372 g/mol. The van der Waals surface area contributed by atoms with Gasteiger partial charge in [-0.3, -0.25) is 4.79 Å².